The first kappa shape index (κ1) is 40.2. The van der Waals surface area contributed by atoms with Crippen molar-refractivity contribution in [2.24, 2.45) is 21.1 Å². The number of pyridine rings is 3. The highest BCUT2D eigenvalue weighted by atomic mass is 35.5. The maximum absolute atomic E-state index is 11.6. The fourth-order valence-corrected chi connectivity index (χ4v) is 7.17. The van der Waals surface area contributed by atoms with E-state index in [0.29, 0.717) is 0 Å². The standard InChI is InChI=1S/C44H34N8O2.3ClH/c1-49-22-16-29(17-23-49)42-35-10-8-33(45-35)41(28-4-6-32(7-5-28)52(53)54)34-9-11-36(46-34)43(30-18-24-50(2)25-19-30)38-13-15-40(48-38)44(39-14-12-37(42)47-39)31-20-26-51(3)27-21-31;;;/h4-27H,1-3H3,(H,45,46,47,48);3*1H/q+2;;;/p-2. The molecule has 0 amide bonds. The Labute approximate surface area is 347 Å². The maximum Gasteiger partial charge on any atom is 0.269 e. The molecule has 7 aromatic rings. The van der Waals surface area contributed by atoms with Gasteiger partial charge in [0.2, 0.25) is 0 Å². The van der Waals surface area contributed by atoms with Crippen molar-refractivity contribution in [2.45, 2.75) is 0 Å². The van der Waals surface area contributed by atoms with Gasteiger partial charge in [0.1, 0.15) is 21.1 Å². The van der Waals surface area contributed by atoms with Crippen molar-refractivity contribution in [3.8, 4) is 44.5 Å². The molecule has 13 heteroatoms. The summed E-state index contributed by atoms with van der Waals surface area (Å²) in [5, 5.41) is 11.6. The number of nitrogens with one attached hydrogen (secondary N) is 2. The molecule has 9 rings (SSSR count). The molecule has 0 unspecified atom stereocenters. The zero-order valence-electron chi connectivity index (χ0n) is 31.0. The number of aromatic amines is 2. The molecular weight excluding hydrogens is 779 g/mol. The Morgan fingerprint density at radius 2 is 0.737 bits per heavy atom. The van der Waals surface area contributed by atoms with E-state index >= 15 is 0 Å². The van der Waals surface area contributed by atoms with Crippen LogP contribution in [0.25, 0.3) is 90.9 Å². The summed E-state index contributed by atoms with van der Waals surface area (Å²) >= 11 is 0. The topological polar surface area (TPSA) is 112 Å². The number of aryl methyl sites for hydroxylation is 3. The molecule has 2 N–H and O–H groups in total. The third-order valence-electron chi connectivity index (χ3n) is 9.92. The molecule has 8 bridgehead atoms. The van der Waals surface area contributed by atoms with E-state index in [0.717, 1.165) is 89.4 Å². The first-order chi connectivity index (χ1) is 26.3. The summed E-state index contributed by atoms with van der Waals surface area (Å²) in [7, 11) is 6.00. The van der Waals surface area contributed by atoms with E-state index in [2.05, 4.69) is 94.9 Å². The summed E-state index contributed by atoms with van der Waals surface area (Å²) in [6, 6.07) is 27.5. The van der Waals surface area contributed by atoms with Gasteiger partial charge in [-0.1, -0.05) is 0 Å². The molecule has 1 aromatic carbocycles. The average molecular weight is 814 g/mol. The predicted molar refractivity (Wildman–Crippen MR) is 211 cm³/mol. The summed E-state index contributed by atoms with van der Waals surface area (Å²) in [6.07, 6.45) is 20.5. The molecule has 2 aliphatic rings. The fourth-order valence-electron chi connectivity index (χ4n) is 7.17. The third-order valence-corrected chi connectivity index (χ3v) is 9.92. The molecule has 8 heterocycles. The SMILES string of the molecule is C[n+]1ccc(-c2c3nc(c(-c4cc[n+](C)cc4)c4ccc([nH]4)c(-c4ccc([N+](=O)[O-])cc4)c4ccc([nH]4)c(-c4cc[n+](C)cc4)c4nc2C=C4)C=C3)cc1.[Cl-].[Cl-].[Cl-]. The van der Waals surface area contributed by atoms with Gasteiger partial charge in [0.25, 0.3) is 5.69 Å². The number of fused-ring (bicyclic) bond motifs is 8. The summed E-state index contributed by atoms with van der Waals surface area (Å²) in [5.41, 5.74) is 14.3. The Morgan fingerprint density at radius 3 is 1.09 bits per heavy atom. The van der Waals surface area contributed by atoms with Crippen molar-refractivity contribution < 1.29 is 55.8 Å². The van der Waals surface area contributed by atoms with Crippen LogP contribution in [0.1, 0.15) is 22.8 Å². The van der Waals surface area contributed by atoms with Crippen molar-refractivity contribution in [1.29, 1.82) is 0 Å². The van der Waals surface area contributed by atoms with Gasteiger partial charge in [-0.05, 0) is 83.0 Å². The van der Waals surface area contributed by atoms with Crippen LogP contribution < -0.4 is 50.9 Å². The quantitative estimate of drug-likeness (QED) is 0.128. The van der Waals surface area contributed by atoms with Gasteiger partial charge in [-0.2, -0.15) is 0 Å². The van der Waals surface area contributed by atoms with Gasteiger partial charge in [0.15, 0.2) is 37.2 Å². The second kappa shape index (κ2) is 16.3. The smallest absolute Gasteiger partial charge is 0.269 e. The second-order valence-electron chi connectivity index (χ2n) is 13.6. The Balaban J connectivity index is 0.00000183. The monoisotopic (exact) mass is 812 g/mol. The molecule has 57 heavy (non-hydrogen) atoms. The molecule has 0 spiro atoms. The summed E-state index contributed by atoms with van der Waals surface area (Å²) in [4.78, 5) is 29.4. The second-order valence-corrected chi connectivity index (χ2v) is 13.6. The molecule has 0 saturated carbocycles. The van der Waals surface area contributed by atoms with Gasteiger partial charge in [-0.3, -0.25) is 10.1 Å². The van der Waals surface area contributed by atoms with Crippen LogP contribution in [0.5, 0.6) is 0 Å². The number of hydrogen-bond donors (Lipinski definition) is 2. The van der Waals surface area contributed by atoms with Crippen LogP contribution in [0, 0.1) is 10.1 Å². The Morgan fingerprint density at radius 1 is 0.439 bits per heavy atom. The number of halogens is 3. The number of H-pyrrole nitrogens is 2. The molecule has 0 aliphatic carbocycles. The van der Waals surface area contributed by atoms with Crippen LogP contribution >= 0.6 is 0 Å². The number of rotatable bonds is 5. The average Bonchev–Trinajstić information content (AvgIpc) is 4.02. The van der Waals surface area contributed by atoms with Crippen molar-refractivity contribution in [2.75, 3.05) is 0 Å². The molecule has 0 saturated heterocycles. The van der Waals surface area contributed by atoms with Gasteiger partial charge in [0.05, 0.1) is 27.7 Å². The Bertz CT molecular complexity index is 2720. The molecule has 0 atom stereocenters. The van der Waals surface area contributed by atoms with Crippen molar-refractivity contribution in [3.63, 3.8) is 0 Å². The normalized spacial score (nSPS) is 11.4. The number of nitro groups is 1. The maximum atomic E-state index is 11.6. The highest BCUT2D eigenvalue weighted by molar-refractivity contribution is 6.00. The van der Waals surface area contributed by atoms with E-state index in [4.69, 9.17) is 9.97 Å². The first-order valence-electron chi connectivity index (χ1n) is 17.6. The van der Waals surface area contributed by atoms with Crippen LogP contribution in [0.3, 0.4) is 0 Å². The highest BCUT2D eigenvalue weighted by Gasteiger charge is 2.20. The molecule has 6 aromatic heterocycles. The number of benzene rings is 1. The molecule has 0 radical (unpaired) electrons. The van der Waals surface area contributed by atoms with E-state index in [1.165, 1.54) is 0 Å². The van der Waals surface area contributed by atoms with E-state index in [9.17, 15) is 10.1 Å². The van der Waals surface area contributed by atoms with Crippen molar-refractivity contribution in [3.05, 3.63) is 155 Å². The van der Waals surface area contributed by atoms with Crippen LogP contribution in [0.4, 0.5) is 5.69 Å². The fraction of sp³-hybridized carbons (Fsp3) is 0.0682. The van der Waals surface area contributed by atoms with Crippen LogP contribution in [-0.4, -0.2) is 24.9 Å². The first-order valence-corrected chi connectivity index (χ1v) is 17.6. The summed E-state index contributed by atoms with van der Waals surface area (Å²) in [5.74, 6) is 0. The van der Waals surface area contributed by atoms with E-state index in [-0.39, 0.29) is 47.8 Å². The number of non-ortho nitro benzene ring substituents is 1. The molecular formula is C44H35Cl3N8O2. The largest absolute Gasteiger partial charge is 1.00 e. The van der Waals surface area contributed by atoms with Crippen molar-refractivity contribution in [1.82, 2.24) is 19.9 Å². The van der Waals surface area contributed by atoms with Gasteiger partial charge in [-0.15, -0.1) is 0 Å². The number of nitrogens with zero attached hydrogens (tertiary/aromatic N) is 6. The van der Waals surface area contributed by atoms with Crippen LogP contribution in [-0.2, 0) is 21.1 Å². The molecule has 284 valence electrons. The van der Waals surface area contributed by atoms with Crippen LogP contribution in [0.2, 0.25) is 0 Å². The lowest BCUT2D eigenvalue weighted by Crippen LogP contribution is -3.00. The molecule has 0 fully saturated rings. The zero-order chi connectivity index (χ0) is 36.9. The van der Waals surface area contributed by atoms with Crippen molar-refractivity contribution >= 4 is 52.1 Å². The van der Waals surface area contributed by atoms with E-state index in [1.807, 2.05) is 72.0 Å². The van der Waals surface area contributed by atoms with Gasteiger partial charge >= 0.3 is 0 Å². The molecule has 2 aliphatic heterocycles. The van der Waals surface area contributed by atoms with Crippen LogP contribution in [0.15, 0.2) is 122 Å². The lowest BCUT2D eigenvalue weighted by atomic mass is 10.0. The summed E-state index contributed by atoms with van der Waals surface area (Å²) < 4.78 is 6.03. The van der Waals surface area contributed by atoms with Gasteiger partial charge < -0.3 is 47.2 Å². The lowest BCUT2D eigenvalue weighted by Gasteiger charge is -2.06. The zero-order valence-corrected chi connectivity index (χ0v) is 33.3. The van der Waals surface area contributed by atoms with Gasteiger partial charge in [0, 0.05) is 92.9 Å². The number of nitro benzene ring substituents is 1. The predicted octanol–water partition coefficient (Wildman–Crippen LogP) is -1.28. The van der Waals surface area contributed by atoms with E-state index < -0.39 is 0 Å². The number of aromatic nitrogens is 7. The minimum Gasteiger partial charge on any atom is -1.00 e. The third kappa shape index (κ3) is 7.58. The highest BCUT2D eigenvalue weighted by Crippen LogP contribution is 2.38. The molecule has 10 nitrogen and oxygen atoms in total. The Hall–Kier alpha value is -6.46. The summed E-state index contributed by atoms with van der Waals surface area (Å²) in [6.45, 7) is 0. The Kier molecular flexibility index (Phi) is 11.5. The minimum atomic E-state index is -0.377. The van der Waals surface area contributed by atoms with E-state index in [1.54, 1.807) is 24.3 Å². The minimum absolute atomic E-state index is 0. The number of hydrogen-bond acceptors (Lipinski definition) is 4. The van der Waals surface area contributed by atoms with Gasteiger partial charge in [-0.25, -0.2) is 23.7 Å². The lowest BCUT2D eigenvalue weighted by molar-refractivity contribution is -0.671.